The minimum Gasteiger partial charge on any atom is -0.375 e. The number of ether oxygens (including phenoxy) is 1. The maximum Gasteiger partial charge on any atom is 0.101 e. The first-order chi connectivity index (χ1) is 7.27. The Morgan fingerprint density at radius 3 is 2.87 bits per heavy atom. The summed E-state index contributed by atoms with van der Waals surface area (Å²) in [4.78, 5) is 0. The number of aromatic nitrogens is 2. The Kier molecular flexibility index (Phi) is 6.24. The molecule has 0 aromatic carbocycles. The van der Waals surface area contributed by atoms with Crippen LogP contribution in [0.1, 0.15) is 38.8 Å². The van der Waals surface area contributed by atoms with Crippen LogP contribution in [0.3, 0.4) is 0 Å². The van der Waals surface area contributed by atoms with Crippen LogP contribution in [0.25, 0.3) is 0 Å². The quantitative estimate of drug-likeness (QED) is 0.569. The Morgan fingerprint density at radius 1 is 1.40 bits per heavy atom. The van der Waals surface area contributed by atoms with Crippen LogP contribution < -0.4 is 0 Å². The second-order valence-corrected chi connectivity index (χ2v) is 4.76. The molecule has 1 heterocycles. The Balaban J connectivity index is 2.45. The van der Waals surface area contributed by atoms with E-state index in [0.29, 0.717) is 6.61 Å². The zero-order valence-electron chi connectivity index (χ0n) is 9.50. The summed E-state index contributed by atoms with van der Waals surface area (Å²) in [5.41, 5.74) is 1.07. The van der Waals surface area contributed by atoms with Crippen LogP contribution in [-0.4, -0.2) is 16.4 Å². The lowest BCUT2D eigenvalue weighted by molar-refractivity contribution is 0.118. The first kappa shape index (κ1) is 13.0. The first-order valence-corrected chi connectivity index (χ1v) is 6.65. The van der Waals surface area contributed by atoms with Crippen molar-refractivity contribution < 1.29 is 4.74 Å². The molecule has 1 aromatic heterocycles. The number of halogens is 1. The topological polar surface area (TPSA) is 27.1 Å². The second-order valence-electron chi connectivity index (χ2n) is 3.59. The van der Waals surface area contributed by atoms with Crippen molar-refractivity contribution in [3.05, 3.63) is 15.5 Å². The predicted octanol–water partition coefficient (Wildman–Crippen LogP) is 3.21. The molecule has 1 aromatic rings. The summed E-state index contributed by atoms with van der Waals surface area (Å²) < 4.78 is 8.72. The lowest BCUT2D eigenvalue weighted by atomic mass is 10.3. The Morgan fingerprint density at radius 2 is 2.20 bits per heavy atom. The smallest absolute Gasteiger partial charge is 0.101 e. The van der Waals surface area contributed by atoms with Crippen molar-refractivity contribution in [1.82, 2.24) is 9.78 Å². The highest BCUT2D eigenvalue weighted by molar-refractivity contribution is 14.1. The van der Waals surface area contributed by atoms with Gasteiger partial charge in [0.05, 0.1) is 10.2 Å². The Labute approximate surface area is 105 Å². The van der Waals surface area contributed by atoms with Gasteiger partial charge in [-0.25, -0.2) is 0 Å². The lowest BCUT2D eigenvalue weighted by Crippen LogP contribution is -2.00. The minimum absolute atomic E-state index is 0.644. The maximum absolute atomic E-state index is 5.49. The van der Waals surface area contributed by atoms with Gasteiger partial charge >= 0.3 is 0 Å². The summed E-state index contributed by atoms with van der Waals surface area (Å²) >= 11 is 2.32. The van der Waals surface area contributed by atoms with Crippen LogP contribution >= 0.6 is 22.6 Å². The van der Waals surface area contributed by atoms with Crippen molar-refractivity contribution in [3.8, 4) is 0 Å². The van der Waals surface area contributed by atoms with Gasteiger partial charge in [0.2, 0.25) is 0 Å². The van der Waals surface area contributed by atoms with E-state index in [1.54, 1.807) is 0 Å². The van der Waals surface area contributed by atoms with E-state index >= 15 is 0 Å². The fraction of sp³-hybridized carbons (Fsp3) is 0.727. The first-order valence-electron chi connectivity index (χ1n) is 5.57. The number of rotatable bonds is 7. The highest BCUT2D eigenvalue weighted by Gasteiger charge is 2.05. The van der Waals surface area contributed by atoms with Crippen molar-refractivity contribution >= 4 is 22.6 Å². The minimum atomic E-state index is 0.644. The van der Waals surface area contributed by atoms with Gasteiger partial charge in [-0.2, -0.15) is 5.10 Å². The van der Waals surface area contributed by atoms with E-state index in [1.165, 1.54) is 16.4 Å². The molecule has 0 aliphatic rings. The second kappa shape index (κ2) is 7.22. The molecule has 15 heavy (non-hydrogen) atoms. The summed E-state index contributed by atoms with van der Waals surface area (Å²) in [5, 5.41) is 4.50. The van der Waals surface area contributed by atoms with E-state index in [1.807, 2.05) is 4.68 Å². The van der Waals surface area contributed by atoms with Crippen molar-refractivity contribution in [3.63, 3.8) is 0 Å². The largest absolute Gasteiger partial charge is 0.375 e. The van der Waals surface area contributed by atoms with E-state index in [-0.39, 0.29) is 0 Å². The molecule has 0 fully saturated rings. The van der Waals surface area contributed by atoms with Gasteiger partial charge in [0, 0.05) is 19.3 Å². The summed E-state index contributed by atoms with van der Waals surface area (Å²) in [6, 6.07) is 0. The van der Waals surface area contributed by atoms with Crippen LogP contribution in [0.15, 0.2) is 6.20 Å². The van der Waals surface area contributed by atoms with Gasteiger partial charge in [0.25, 0.3) is 0 Å². The van der Waals surface area contributed by atoms with Crippen LogP contribution in [0.2, 0.25) is 0 Å². The fourth-order valence-corrected chi connectivity index (χ4v) is 1.87. The number of nitrogens with zero attached hydrogens (tertiary/aromatic N) is 2. The summed E-state index contributed by atoms with van der Waals surface area (Å²) in [6.07, 6.45) is 5.55. The lowest BCUT2D eigenvalue weighted by Gasteiger charge is -2.00. The molecule has 0 radical (unpaired) electrons. The molecule has 86 valence electrons. The molecule has 0 N–H and O–H groups in total. The van der Waals surface area contributed by atoms with Gasteiger partial charge in [0.1, 0.15) is 5.69 Å². The molecule has 3 nitrogen and oxygen atoms in total. The average Bonchev–Trinajstić information content (AvgIpc) is 2.57. The maximum atomic E-state index is 5.49. The number of unbranched alkanes of at least 4 members (excludes halogenated alkanes) is 1. The molecule has 0 spiro atoms. The average molecular weight is 322 g/mol. The Bertz CT molecular complexity index is 286. The van der Waals surface area contributed by atoms with E-state index in [4.69, 9.17) is 4.74 Å². The highest BCUT2D eigenvalue weighted by Crippen LogP contribution is 2.12. The zero-order valence-corrected chi connectivity index (χ0v) is 11.7. The van der Waals surface area contributed by atoms with E-state index in [9.17, 15) is 0 Å². The van der Waals surface area contributed by atoms with Crippen LogP contribution in [0, 0.1) is 3.57 Å². The van der Waals surface area contributed by atoms with Crippen molar-refractivity contribution in [1.29, 1.82) is 0 Å². The predicted molar refractivity (Wildman–Crippen MR) is 69.8 cm³/mol. The van der Waals surface area contributed by atoms with E-state index < -0.39 is 0 Å². The number of hydrogen-bond donors (Lipinski definition) is 0. The van der Waals surface area contributed by atoms with Crippen molar-refractivity contribution in [2.24, 2.45) is 0 Å². The van der Waals surface area contributed by atoms with E-state index in [0.717, 1.165) is 25.3 Å². The molecule has 4 heteroatoms. The third-order valence-corrected chi connectivity index (χ3v) is 3.02. The molecule has 0 saturated carbocycles. The van der Waals surface area contributed by atoms with Gasteiger partial charge < -0.3 is 4.74 Å². The normalized spacial score (nSPS) is 10.9. The molecule has 0 saturated heterocycles. The van der Waals surface area contributed by atoms with Crippen molar-refractivity contribution in [2.75, 3.05) is 6.61 Å². The fourth-order valence-electron chi connectivity index (χ4n) is 1.28. The third-order valence-electron chi connectivity index (χ3n) is 2.12. The molecule has 0 atom stereocenters. The summed E-state index contributed by atoms with van der Waals surface area (Å²) in [6.45, 7) is 6.79. The van der Waals surface area contributed by atoms with Gasteiger partial charge in [-0.3, -0.25) is 4.68 Å². The monoisotopic (exact) mass is 322 g/mol. The summed E-state index contributed by atoms with van der Waals surface area (Å²) in [5.74, 6) is 0. The van der Waals surface area contributed by atoms with Gasteiger partial charge in [-0.1, -0.05) is 20.3 Å². The SMILES string of the molecule is CCCCn1cc(I)c(COCCC)n1. The van der Waals surface area contributed by atoms with Gasteiger partial charge in [0.15, 0.2) is 0 Å². The molecule has 0 unspecified atom stereocenters. The molecule has 0 bridgehead atoms. The summed E-state index contributed by atoms with van der Waals surface area (Å²) in [7, 11) is 0. The van der Waals surface area contributed by atoms with Crippen LogP contribution in [0.4, 0.5) is 0 Å². The van der Waals surface area contributed by atoms with Gasteiger partial charge in [-0.15, -0.1) is 0 Å². The van der Waals surface area contributed by atoms with Crippen LogP contribution in [-0.2, 0) is 17.9 Å². The van der Waals surface area contributed by atoms with E-state index in [2.05, 4.69) is 47.7 Å². The van der Waals surface area contributed by atoms with Crippen molar-refractivity contribution in [2.45, 2.75) is 46.3 Å². The zero-order chi connectivity index (χ0) is 11.1. The molecule has 1 rings (SSSR count). The molecular weight excluding hydrogens is 303 g/mol. The Hall–Kier alpha value is -0.100. The number of aryl methyl sites for hydroxylation is 1. The van der Waals surface area contributed by atoms with Crippen LogP contribution in [0.5, 0.6) is 0 Å². The van der Waals surface area contributed by atoms with Gasteiger partial charge in [-0.05, 0) is 35.4 Å². The molecule has 0 amide bonds. The highest BCUT2D eigenvalue weighted by atomic mass is 127. The standard InChI is InChI=1S/C11H19IN2O/c1-3-5-6-14-8-10(12)11(13-14)9-15-7-4-2/h8H,3-7,9H2,1-2H3. The molecule has 0 aliphatic heterocycles. The number of hydrogen-bond acceptors (Lipinski definition) is 2. The molecule has 0 aliphatic carbocycles. The third kappa shape index (κ3) is 4.51. The molecular formula is C11H19IN2O.